The molecule has 4 aromatic carbocycles. The summed E-state index contributed by atoms with van der Waals surface area (Å²) in [6, 6.07) is 44.1. The molecule has 0 aliphatic heterocycles. The van der Waals surface area contributed by atoms with Gasteiger partial charge in [-0.2, -0.15) is 0 Å². The molecule has 0 N–H and O–H groups in total. The first kappa shape index (κ1) is 20.2. The van der Waals surface area contributed by atoms with E-state index in [4.69, 9.17) is 0 Å². The van der Waals surface area contributed by atoms with Crippen LogP contribution in [0.2, 0.25) is 0 Å². The monoisotopic (exact) mass is 428 g/mol. The quantitative estimate of drug-likeness (QED) is 0.287. The first-order chi connectivity index (χ1) is 14.4. The van der Waals surface area contributed by atoms with Crippen molar-refractivity contribution in [3.05, 3.63) is 134 Å². The van der Waals surface area contributed by atoms with Crippen LogP contribution in [-0.4, -0.2) is 0 Å². The maximum Gasteiger partial charge on any atom is -0.0101 e. The topological polar surface area (TPSA) is 0 Å². The average molecular weight is 428 g/mol. The summed E-state index contributed by atoms with van der Waals surface area (Å²) in [6.45, 7) is 4.37. The van der Waals surface area contributed by atoms with Crippen LogP contribution in [0.15, 0.2) is 134 Å². The van der Waals surface area contributed by atoms with Gasteiger partial charge in [0, 0.05) is 0 Å². The molecule has 0 spiro atoms. The number of rotatable bonds is 7. The Hall–Kier alpha value is -2.09. The van der Waals surface area contributed by atoms with Crippen molar-refractivity contribution >= 4 is 43.7 Å². The molecular formula is C26H23P3. The van der Waals surface area contributed by atoms with E-state index in [9.17, 15) is 0 Å². The second-order valence-electron chi connectivity index (χ2n) is 6.47. The van der Waals surface area contributed by atoms with Gasteiger partial charge in [0.25, 0.3) is 0 Å². The van der Waals surface area contributed by atoms with Gasteiger partial charge in [-0.1, -0.05) is 134 Å². The summed E-state index contributed by atoms with van der Waals surface area (Å²) in [5.74, 6) is 2.27. The highest BCUT2D eigenvalue weighted by Gasteiger charge is 2.31. The molecule has 0 atom stereocenters. The SMILES string of the molecule is C=CP(P(c1ccccc1)c1ccccc1)P(c1ccccc1)c1ccccc1. The molecule has 0 aromatic heterocycles. The van der Waals surface area contributed by atoms with Gasteiger partial charge in [0.1, 0.15) is 0 Å². The third-order valence-electron chi connectivity index (χ3n) is 4.58. The van der Waals surface area contributed by atoms with Crippen LogP contribution in [0.1, 0.15) is 0 Å². The number of benzene rings is 4. The summed E-state index contributed by atoms with van der Waals surface area (Å²) in [5, 5.41) is 5.72. The largest absolute Gasteiger partial charge is 0.0979 e. The Balaban J connectivity index is 1.89. The number of hydrogen-bond acceptors (Lipinski definition) is 0. The predicted molar refractivity (Wildman–Crippen MR) is 135 cm³/mol. The zero-order valence-corrected chi connectivity index (χ0v) is 18.9. The summed E-state index contributed by atoms with van der Waals surface area (Å²) < 4.78 is 0. The van der Waals surface area contributed by atoms with Crippen LogP contribution >= 0.6 is 22.5 Å². The van der Waals surface area contributed by atoms with Crippen molar-refractivity contribution in [1.82, 2.24) is 0 Å². The zero-order valence-electron chi connectivity index (χ0n) is 16.2. The van der Waals surface area contributed by atoms with E-state index in [-0.39, 0.29) is 0 Å². The average Bonchev–Trinajstić information content (AvgIpc) is 2.81. The second-order valence-corrected chi connectivity index (χ2v) is 16.7. The van der Waals surface area contributed by atoms with Crippen LogP contribution in [0.5, 0.6) is 0 Å². The Kier molecular flexibility index (Phi) is 7.03. The molecule has 0 nitrogen and oxygen atoms in total. The Bertz CT molecular complexity index is 857. The fraction of sp³-hybridized carbons (Fsp3) is 0. The Morgan fingerprint density at radius 2 is 0.655 bits per heavy atom. The lowest BCUT2D eigenvalue weighted by Crippen LogP contribution is -2.14. The highest BCUT2D eigenvalue weighted by atomic mass is 32.5. The van der Waals surface area contributed by atoms with E-state index >= 15 is 0 Å². The van der Waals surface area contributed by atoms with E-state index < -0.39 is 22.5 Å². The third-order valence-corrected chi connectivity index (χ3v) is 18.3. The van der Waals surface area contributed by atoms with Crippen molar-refractivity contribution in [3.63, 3.8) is 0 Å². The van der Waals surface area contributed by atoms with Crippen LogP contribution < -0.4 is 21.2 Å². The molecule has 0 radical (unpaired) electrons. The summed E-state index contributed by atoms with van der Waals surface area (Å²) in [4.78, 5) is 0. The summed E-state index contributed by atoms with van der Waals surface area (Å²) in [7, 11) is -1.55. The molecule has 4 aromatic rings. The molecule has 0 bridgehead atoms. The van der Waals surface area contributed by atoms with Gasteiger partial charge in [0.15, 0.2) is 0 Å². The maximum absolute atomic E-state index is 4.37. The summed E-state index contributed by atoms with van der Waals surface area (Å²) >= 11 is 0. The van der Waals surface area contributed by atoms with Crippen LogP contribution in [0.3, 0.4) is 0 Å². The van der Waals surface area contributed by atoms with E-state index in [1.165, 1.54) is 21.2 Å². The lowest BCUT2D eigenvalue weighted by molar-refractivity contribution is 1.76. The maximum atomic E-state index is 4.37. The number of hydrogen-bond donors (Lipinski definition) is 0. The summed E-state index contributed by atoms with van der Waals surface area (Å²) in [5.41, 5.74) is 0. The van der Waals surface area contributed by atoms with Crippen LogP contribution in [0.25, 0.3) is 0 Å². The fourth-order valence-electron chi connectivity index (χ4n) is 3.30. The van der Waals surface area contributed by atoms with Gasteiger partial charge in [-0.25, -0.2) is 0 Å². The Morgan fingerprint density at radius 3 is 0.862 bits per heavy atom. The van der Waals surface area contributed by atoms with Crippen LogP contribution in [-0.2, 0) is 0 Å². The molecule has 0 aliphatic carbocycles. The molecular weight excluding hydrogens is 405 g/mol. The molecule has 0 amide bonds. The first-order valence-electron chi connectivity index (χ1n) is 9.60. The Labute approximate surface area is 177 Å². The standard InChI is InChI=1S/C26H23P3/c1-2-27(28(23-15-7-3-8-16-23)24-17-9-4-10-18-24)29(25-19-11-5-12-20-25)26-21-13-6-14-22-26/h2-22H,1H2. The van der Waals surface area contributed by atoms with Gasteiger partial charge >= 0.3 is 0 Å². The highest BCUT2D eigenvalue weighted by Crippen LogP contribution is 2.85. The van der Waals surface area contributed by atoms with Crippen LogP contribution in [0.4, 0.5) is 0 Å². The fourth-order valence-corrected chi connectivity index (χ4v) is 18.5. The third kappa shape index (κ3) is 4.74. The molecule has 142 valence electrons. The van der Waals surface area contributed by atoms with E-state index in [0.29, 0.717) is 0 Å². The first-order valence-corrected chi connectivity index (χ1v) is 15.1. The normalized spacial score (nSPS) is 11.1. The minimum absolute atomic E-state index is 0.497. The molecule has 0 heterocycles. The van der Waals surface area contributed by atoms with Crippen molar-refractivity contribution < 1.29 is 0 Å². The van der Waals surface area contributed by atoms with Gasteiger partial charge in [-0.05, 0) is 43.7 Å². The molecule has 29 heavy (non-hydrogen) atoms. The van der Waals surface area contributed by atoms with Crippen molar-refractivity contribution in [2.24, 2.45) is 0 Å². The van der Waals surface area contributed by atoms with Crippen molar-refractivity contribution in [3.8, 4) is 0 Å². The van der Waals surface area contributed by atoms with E-state index in [0.717, 1.165) is 0 Å². The minimum atomic E-state index is -0.525. The molecule has 0 aliphatic rings. The van der Waals surface area contributed by atoms with E-state index in [1.54, 1.807) is 0 Å². The lowest BCUT2D eigenvalue weighted by Gasteiger charge is -2.34. The molecule has 0 fully saturated rings. The minimum Gasteiger partial charge on any atom is -0.0979 e. The van der Waals surface area contributed by atoms with Gasteiger partial charge in [-0.3, -0.25) is 0 Å². The van der Waals surface area contributed by atoms with Gasteiger partial charge < -0.3 is 0 Å². The lowest BCUT2D eigenvalue weighted by atomic mass is 10.4. The van der Waals surface area contributed by atoms with Crippen molar-refractivity contribution in [1.29, 1.82) is 0 Å². The van der Waals surface area contributed by atoms with Crippen LogP contribution in [0, 0.1) is 0 Å². The van der Waals surface area contributed by atoms with Crippen molar-refractivity contribution in [2.75, 3.05) is 0 Å². The van der Waals surface area contributed by atoms with Gasteiger partial charge in [0.05, 0.1) is 0 Å². The summed E-state index contributed by atoms with van der Waals surface area (Å²) in [6.07, 6.45) is 0. The molecule has 3 heteroatoms. The molecule has 4 rings (SSSR count). The van der Waals surface area contributed by atoms with Gasteiger partial charge in [-0.15, -0.1) is 0 Å². The smallest absolute Gasteiger partial charge is 0.0101 e. The van der Waals surface area contributed by atoms with E-state index in [2.05, 4.69) is 134 Å². The molecule has 0 saturated heterocycles. The molecule has 0 unspecified atom stereocenters. The van der Waals surface area contributed by atoms with E-state index in [1.807, 2.05) is 0 Å². The highest BCUT2D eigenvalue weighted by molar-refractivity contribution is 8.67. The zero-order chi connectivity index (χ0) is 19.9. The predicted octanol–water partition coefficient (Wildman–Crippen LogP) is 6.71. The van der Waals surface area contributed by atoms with Crippen molar-refractivity contribution in [2.45, 2.75) is 0 Å². The van der Waals surface area contributed by atoms with Gasteiger partial charge in [0.2, 0.25) is 0 Å². The molecule has 0 saturated carbocycles. The second kappa shape index (κ2) is 10.1. The Morgan fingerprint density at radius 1 is 0.414 bits per heavy atom.